The third-order valence-corrected chi connectivity index (χ3v) is 1.06. The van der Waals surface area contributed by atoms with Gasteiger partial charge in [0.05, 0.1) is 0 Å². The summed E-state index contributed by atoms with van der Waals surface area (Å²) in [5.41, 5.74) is 0. The van der Waals surface area contributed by atoms with Crippen LogP contribution in [0.2, 0.25) is 0 Å². The van der Waals surface area contributed by atoms with Crippen molar-refractivity contribution < 1.29 is 0 Å². The van der Waals surface area contributed by atoms with E-state index in [4.69, 9.17) is 0 Å². The van der Waals surface area contributed by atoms with Gasteiger partial charge in [0, 0.05) is 0 Å². The van der Waals surface area contributed by atoms with E-state index < -0.39 is 0 Å². The average molecular weight is 90.2 g/mol. The topological polar surface area (TPSA) is 24.1 Å². The van der Waals surface area contributed by atoms with E-state index in [1.54, 1.807) is 0 Å². The summed E-state index contributed by atoms with van der Waals surface area (Å²) in [4.78, 5) is 6.09. The van der Waals surface area contributed by atoms with E-state index in [1.165, 1.54) is 0 Å². The fourth-order valence-electron chi connectivity index (χ4n) is 0.177. The van der Waals surface area contributed by atoms with Crippen molar-refractivity contribution in [1.82, 2.24) is 9.96 Å². The second-order valence-electron chi connectivity index (χ2n) is 0.884. The molecule has 5 heavy (non-hydrogen) atoms. The Balaban J connectivity index is 2.19. The summed E-state index contributed by atoms with van der Waals surface area (Å²) in [5.74, 6) is 0. The minimum absolute atomic E-state index is 0.0679. The highest BCUT2D eigenvalue weighted by Crippen LogP contribution is 1.23. The largest absolute Gasteiger partial charge is 0.333 e. The van der Waals surface area contributed by atoms with Gasteiger partial charge in [-0.3, -0.25) is 0 Å². The normalized spacial score (nSPS) is 8.40. The molecule has 0 aromatic rings. The van der Waals surface area contributed by atoms with Crippen LogP contribution in [0.25, 0.3) is 0 Å². The molecule has 0 radical (unpaired) electrons. The van der Waals surface area contributed by atoms with Crippen LogP contribution >= 0.6 is 0 Å². The zero-order valence-corrected chi connectivity index (χ0v) is 5.12. The maximum absolute atomic E-state index is 3.05. The molecule has 32 valence electrons. The molecule has 0 fully saturated rings. The zero-order chi connectivity index (χ0) is 4.12. The molecule has 0 aliphatic heterocycles. The Morgan fingerprint density at radius 2 is 1.60 bits per heavy atom. The molecular formula is C2H10N2Si. The molecule has 0 aromatic carbocycles. The van der Waals surface area contributed by atoms with Crippen LogP contribution in [0.1, 0.15) is 0 Å². The molecule has 0 unspecified atom stereocenters. The molecule has 0 atom stereocenters. The lowest BCUT2D eigenvalue weighted by atomic mass is 11.6. The zero-order valence-electron chi connectivity index (χ0n) is 3.71. The van der Waals surface area contributed by atoms with Crippen molar-refractivity contribution in [3.8, 4) is 0 Å². The maximum Gasteiger partial charge on any atom is 0.167 e. The molecule has 0 saturated carbocycles. The third kappa shape index (κ3) is 4.14. The lowest BCUT2D eigenvalue weighted by Crippen LogP contribution is -2.26. The minimum Gasteiger partial charge on any atom is -0.333 e. The van der Waals surface area contributed by atoms with Crippen molar-refractivity contribution in [3.63, 3.8) is 0 Å². The van der Waals surface area contributed by atoms with Crippen LogP contribution in [0.15, 0.2) is 0 Å². The van der Waals surface area contributed by atoms with Gasteiger partial charge in [0.1, 0.15) is 0 Å². The smallest absolute Gasteiger partial charge is 0.167 e. The molecule has 0 aliphatic rings. The van der Waals surface area contributed by atoms with Gasteiger partial charge in [-0.05, 0) is 14.1 Å². The van der Waals surface area contributed by atoms with Crippen LogP contribution in [-0.2, 0) is 0 Å². The first-order chi connectivity index (χ1) is 2.41. The van der Waals surface area contributed by atoms with Gasteiger partial charge in [0.25, 0.3) is 0 Å². The van der Waals surface area contributed by atoms with Crippen LogP contribution in [0.3, 0.4) is 0 Å². The highest BCUT2D eigenvalue weighted by atomic mass is 28.2. The third-order valence-electron chi connectivity index (χ3n) is 0.354. The standard InChI is InChI=1S/C2H10N2Si/c1-3-5-4-2/h3-4H,5H2,1-2H3. The van der Waals surface area contributed by atoms with Gasteiger partial charge >= 0.3 is 0 Å². The van der Waals surface area contributed by atoms with E-state index >= 15 is 0 Å². The molecule has 0 rings (SSSR count). The van der Waals surface area contributed by atoms with E-state index in [0.717, 1.165) is 0 Å². The van der Waals surface area contributed by atoms with Crippen molar-refractivity contribution >= 4 is 9.84 Å². The average Bonchev–Trinajstić information content (AvgIpc) is 1.41. The lowest BCUT2D eigenvalue weighted by Gasteiger charge is -1.86. The highest BCUT2D eigenvalue weighted by Gasteiger charge is 1.64. The summed E-state index contributed by atoms with van der Waals surface area (Å²) in [6.07, 6.45) is 0. The highest BCUT2D eigenvalue weighted by molar-refractivity contribution is 6.28. The van der Waals surface area contributed by atoms with Gasteiger partial charge in [0.15, 0.2) is 9.84 Å². The van der Waals surface area contributed by atoms with Gasteiger partial charge in [0.2, 0.25) is 0 Å². The van der Waals surface area contributed by atoms with E-state index in [1.807, 2.05) is 14.1 Å². The molecule has 0 aliphatic carbocycles. The monoisotopic (exact) mass is 90.1 g/mol. The summed E-state index contributed by atoms with van der Waals surface area (Å²) in [6, 6.07) is 0. The summed E-state index contributed by atoms with van der Waals surface area (Å²) in [7, 11) is 3.85. The fraction of sp³-hybridized carbons (Fsp3) is 1.00. The second kappa shape index (κ2) is 4.14. The molecule has 0 amide bonds. The van der Waals surface area contributed by atoms with E-state index in [-0.39, 0.29) is 9.84 Å². The molecule has 3 heteroatoms. The van der Waals surface area contributed by atoms with E-state index in [9.17, 15) is 0 Å². The molecule has 0 bridgehead atoms. The Bertz CT molecular complexity index is 15.1. The lowest BCUT2D eigenvalue weighted by molar-refractivity contribution is 1.13. The second-order valence-corrected chi connectivity index (χ2v) is 2.65. The molecule has 2 N–H and O–H groups in total. The van der Waals surface area contributed by atoms with Crippen molar-refractivity contribution in [3.05, 3.63) is 0 Å². The molecular weight excluding hydrogens is 80.1 g/mol. The van der Waals surface area contributed by atoms with Crippen molar-refractivity contribution in [2.45, 2.75) is 0 Å². The summed E-state index contributed by atoms with van der Waals surface area (Å²) >= 11 is 0. The van der Waals surface area contributed by atoms with E-state index in [2.05, 4.69) is 9.96 Å². The van der Waals surface area contributed by atoms with Crippen molar-refractivity contribution in [1.29, 1.82) is 0 Å². The first-order valence-electron chi connectivity index (χ1n) is 1.71. The molecule has 0 heterocycles. The van der Waals surface area contributed by atoms with Gasteiger partial charge in [-0.1, -0.05) is 0 Å². The fourth-order valence-corrected chi connectivity index (χ4v) is 0.530. The van der Waals surface area contributed by atoms with Gasteiger partial charge in [-0.2, -0.15) is 0 Å². The number of nitrogens with one attached hydrogen (secondary N) is 2. The Morgan fingerprint density at radius 3 is 1.60 bits per heavy atom. The number of hydrogen-bond acceptors (Lipinski definition) is 2. The Kier molecular flexibility index (Phi) is 4.25. The van der Waals surface area contributed by atoms with Crippen LogP contribution in [-0.4, -0.2) is 23.9 Å². The summed E-state index contributed by atoms with van der Waals surface area (Å²) in [6.45, 7) is 0. The van der Waals surface area contributed by atoms with Gasteiger partial charge in [-0.25, -0.2) is 0 Å². The quantitative estimate of drug-likeness (QED) is 0.400. The first kappa shape index (κ1) is 5.14. The maximum atomic E-state index is 3.05. The van der Waals surface area contributed by atoms with Crippen LogP contribution in [0.5, 0.6) is 0 Å². The van der Waals surface area contributed by atoms with Gasteiger partial charge < -0.3 is 9.96 Å². The SMILES string of the molecule is CN[SiH2]NC. The Hall–Kier alpha value is 0.137. The minimum atomic E-state index is -0.0679. The van der Waals surface area contributed by atoms with Crippen LogP contribution in [0, 0.1) is 0 Å². The molecule has 0 saturated heterocycles. The van der Waals surface area contributed by atoms with Gasteiger partial charge in [-0.15, -0.1) is 0 Å². The predicted octanol–water partition coefficient (Wildman–Crippen LogP) is -1.58. The van der Waals surface area contributed by atoms with Crippen molar-refractivity contribution in [2.75, 3.05) is 14.1 Å². The van der Waals surface area contributed by atoms with Crippen LogP contribution < -0.4 is 9.96 Å². The molecule has 0 spiro atoms. The number of rotatable bonds is 2. The Morgan fingerprint density at radius 1 is 1.20 bits per heavy atom. The Labute approximate surface area is 34.9 Å². The molecule has 2 nitrogen and oxygen atoms in total. The predicted molar refractivity (Wildman–Crippen MR) is 26.7 cm³/mol. The van der Waals surface area contributed by atoms with Crippen LogP contribution in [0.4, 0.5) is 0 Å². The first-order valence-corrected chi connectivity index (χ1v) is 3.12. The molecule has 0 aromatic heterocycles. The summed E-state index contributed by atoms with van der Waals surface area (Å²) in [5, 5.41) is 0. The van der Waals surface area contributed by atoms with Crippen molar-refractivity contribution in [2.24, 2.45) is 0 Å². The van der Waals surface area contributed by atoms with E-state index in [0.29, 0.717) is 0 Å². The summed E-state index contributed by atoms with van der Waals surface area (Å²) < 4.78 is 0. The number of hydrogen-bond donors (Lipinski definition) is 2.